The number of benzene rings is 2. The summed E-state index contributed by atoms with van der Waals surface area (Å²) in [5, 5.41) is 6.93. The zero-order valence-corrected chi connectivity index (χ0v) is 15.9. The lowest BCUT2D eigenvalue weighted by atomic mass is 9.93. The van der Waals surface area contributed by atoms with E-state index in [0.717, 1.165) is 16.1 Å². The number of thiocarbonyl (C=S) groups is 1. The molecule has 0 spiro atoms. The quantitative estimate of drug-likeness (QED) is 0.529. The van der Waals surface area contributed by atoms with Crippen molar-refractivity contribution >= 4 is 29.3 Å². The van der Waals surface area contributed by atoms with Gasteiger partial charge in [0.15, 0.2) is 5.11 Å². The molecule has 2 aromatic carbocycles. The van der Waals surface area contributed by atoms with Crippen LogP contribution in [0.3, 0.4) is 0 Å². The molecule has 1 aliphatic heterocycles. The third-order valence-corrected chi connectivity index (χ3v) is 4.76. The number of aryl methyl sites for hydroxylation is 1. The van der Waals surface area contributed by atoms with Crippen molar-refractivity contribution in [3.8, 4) is 0 Å². The number of carbonyl (C=O) groups is 2. The van der Waals surface area contributed by atoms with Gasteiger partial charge >= 0.3 is 6.03 Å². The molecule has 1 aliphatic rings. The first-order chi connectivity index (χ1) is 13.0. The molecule has 3 N–H and O–H groups in total. The van der Waals surface area contributed by atoms with Gasteiger partial charge in [-0.15, -0.1) is 0 Å². The number of nitrogens with one attached hydrogen (secondary N) is 3. The number of carbonyl (C=O) groups excluding carboxylic acids is 2. The van der Waals surface area contributed by atoms with Crippen LogP contribution in [0, 0.1) is 0 Å². The maximum absolute atomic E-state index is 12.8. The zero-order valence-electron chi connectivity index (χ0n) is 15.1. The smallest absolute Gasteiger partial charge is 0.344 e. The Labute approximate surface area is 163 Å². The molecule has 1 heterocycles. The van der Waals surface area contributed by atoms with Gasteiger partial charge in [-0.25, -0.2) is 4.79 Å². The Balaban J connectivity index is 1.55. The summed E-state index contributed by atoms with van der Waals surface area (Å²) < 4.78 is 0. The fraction of sp³-hybridized carbons (Fsp3) is 0.250. The molecule has 2 aromatic rings. The first-order valence-electron chi connectivity index (χ1n) is 8.77. The van der Waals surface area contributed by atoms with E-state index >= 15 is 0 Å². The molecule has 3 amide bonds. The van der Waals surface area contributed by atoms with Crippen LogP contribution in [-0.4, -0.2) is 27.6 Å². The minimum atomic E-state index is -0.963. The van der Waals surface area contributed by atoms with Crippen molar-refractivity contribution in [2.24, 2.45) is 0 Å². The van der Waals surface area contributed by atoms with E-state index in [1.165, 1.54) is 0 Å². The van der Waals surface area contributed by atoms with Crippen molar-refractivity contribution < 1.29 is 9.59 Å². The Bertz CT molecular complexity index is 828. The van der Waals surface area contributed by atoms with Crippen molar-refractivity contribution in [3.63, 3.8) is 0 Å². The molecule has 27 heavy (non-hydrogen) atoms. The Hall–Kier alpha value is -2.93. The van der Waals surface area contributed by atoms with Gasteiger partial charge in [-0.1, -0.05) is 60.7 Å². The molecule has 140 valence electrons. The van der Waals surface area contributed by atoms with E-state index in [1.54, 1.807) is 6.92 Å². The number of hydrogen-bond acceptors (Lipinski definition) is 3. The third-order valence-electron chi connectivity index (χ3n) is 4.53. The minimum Gasteiger partial charge on any atom is -0.357 e. The van der Waals surface area contributed by atoms with Gasteiger partial charge in [0, 0.05) is 6.54 Å². The highest BCUT2D eigenvalue weighted by molar-refractivity contribution is 7.80. The van der Waals surface area contributed by atoms with E-state index in [0.29, 0.717) is 19.4 Å². The molecule has 0 bridgehead atoms. The van der Waals surface area contributed by atoms with Crippen molar-refractivity contribution in [2.75, 3.05) is 0 Å². The monoisotopic (exact) mass is 382 g/mol. The summed E-state index contributed by atoms with van der Waals surface area (Å²) in [4.78, 5) is 25.0. The summed E-state index contributed by atoms with van der Waals surface area (Å²) in [6.07, 6.45) is 1.19. The van der Waals surface area contributed by atoms with Crippen LogP contribution in [0.1, 0.15) is 24.5 Å². The van der Waals surface area contributed by atoms with Crippen LogP contribution in [0.5, 0.6) is 0 Å². The average Bonchev–Trinajstić information content (AvgIpc) is 2.90. The van der Waals surface area contributed by atoms with Crippen LogP contribution >= 0.6 is 12.2 Å². The molecule has 1 fully saturated rings. The van der Waals surface area contributed by atoms with Gasteiger partial charge in [0.25, 0.3) is 5.91 Å². The van der Waals surface area contributed by atoms with Gasteiger partial charge in [-0.3, -0.25) is 10.2 Å². The lowest BCUT2D eigenvalue weighted by Gasteiger charge is -2.22. The zero-order chi connectivity index (χ0) is 19.3. The van der Waals surface area contributed by atoms with Gasteiger partial charge in [-0.2, -0.15) is 5.01 Å². The first-order valence-corrected chi connectivity index (χ1v) is 9.18. The third kappa shape index (κ3) is 4.62. The van der Waals surface area contributed by atoms with E-state index in [-0.39, 0.29) is 11.0 Å². The number of hydrogen-bond donors (Lipinski definition) is 3. The molecular formula is C20H22N4O2S. The summed E-state index contributed by atoms with van der Waals surface area (Å²) in [5.74, 6) is -0.340. The topological polar surface area (TPSA) is 73.5 Å². The summed E-state index contributed by atoms with van der Waals surface area (Å²) >= 11 is 5.22. The molecule has 0 saturated carbocycles. The second-order valence-corrected chi connectivity index (χ2v) is 7.08. The Morgan fingerprint density at radius 1 is 1.04 bits per heavy atom. The molecule has 1 saturated heterocycles. The van der Waals surface area contributed by atoms with Crippen molar-refractivity contribution in [3.05, 3.63) is 71.8 Å². The van der Waals surface area contributed by atoms with Gasteiger partial charge in [0.2, 0.25) is 0 Å². The normalized spacial score (nSPS) is 18.9. The second kappa shape index (κ2) is 8.18. The summed E-state index contributed by atoms with van der Waals surface area (Å²) in [5.41, 5.74) is 3.90. The summed E-state index contributed by atoms with van der Waals surface area (Å²) in [7, 11) is 0. The van der Waals surface area contributed by atoms with Gasteiger partial charge in [-0.05, 0) is 43.1 Å². The molecule has 3 rings (SSSR count). The fourth-order valence-corrected chi connectivity index (χ4v) is 3.08. The van der Waals surface area contributed by atoms with Gasteiger partial charge in [0.05, 0.1) is 0 Å². The number of amides is 3. The van der Waals surface area contributed by atoms with Crippen LogP contribution in [-0.2, 0) is 17.8 Å². The number of nitrogens with zero attached hydrogens (tertiary/aromatic N) is 1. The maximum atomic E-state index is 12.8. The molecular weight excluding hydrogens is 360 g/mol. The highest BCUT2D eigenvalue weighted by atomic mass is 32.1. The highest BCUT2D eigenvalue weighted by Gasteiger charge is 2.48. The lowest BCUT2D eigenvalue weighted by Crippen LogP contribution is -2.51. The van der Waals surface area contributed by atoms with E-state index in [4.69, 9.17) is 12.2 Å². The summed E-state index contributed by atoms with van der Waals surface area (Å²) in [6.45, 7) is 2.24. The minimum absolute atomic E-state index is 0.217. The van der Waals surface area contributed by atoms with Crippen LogP contribution in [0.15, 0.2) is 60.7 Å². The molecule has 7 heteroatoms. The van der Waals surface area contributed by atoms with Gasteiger partial charge < -0.3 is 10.6 Å². The number of rotatable bonds is 6. The molecule has 1 atom stereocenters. The first kappa shape index (κ1) is 18.8. The predicted octanol–water partition coefficient (Wildman–Crippen LogP) is 2.51. The fourth-order valence-electron chi connectivity index (χ4n) is 2.91. The van der Waals surface area contributed by atoms with Crippen molar-refractivity contribution in [1.29, 1.82) is 0 Å². The Morgan fingerprint density at radius 3 is 2.26 bits per heavy atom. The molecule has 0 radical (unpaired) electrons. The maximum Gasteiger partial charge on any atom is 0.344 e. The highest BCUT2D eigenvalue weighted by Crippen LogP contribution is 2.22. The van der Waals surface area contributed by atoms with Crippen LogP contribution in [0.2, 0.25) is 0 Å². The molecule has 6 nitrogen and oxygen atoms in total. The Kier molecular flexibility index (Phi) is 5.71. The van der Waals surface area contributed by atoms with Crippen LogP contribution in [0.4, 0.5) is 4.79 Å². The SMILES string of the molecule is C[C@@]1(CCc2ccccc2)NC(=O)N(NC(=S)NCc2ccccc2)C1=O. The number of hydrazine groups is 1. The van der Waals surface area contributed by atoms with Crippen molar-refractivity contribution in [2.45, 2.75) is 31.8 Å². The number of urea groups is 1. The van der Waals surface area contributed by atoms with Gasteiger partial charge in [0.1, 0.15) is 5.54 Å². The number of imide groups is 1. The standard InChI is InChI=1S/C20H22N4O2S/c1-20(13-12-15-8-4-2-5-9-15)17(25)24(19(26)22-20)23-18(27)21-14-16-10-6-3-7-11-16/h2-11H,12-14H2,1H3,(H,22,26)(H2,21,23,27)/t20-/m0/s1. The predicted molar refractivity (Wildman–Crippen MR) is 108 cm³/mol. The van der Waals surface area contributed by atoms with E-state index in [2.05, 4.69) is 16.1 Å². The van der Waals surface area contributed by atoms with Crippen LogP contribution < -0.4 is 16.1 Å². The van der Waals surface area contributed by atoms with Crippen LogP contribution in [0.25, 0.3) is 0 Å². The molecule has 0 unspecified atom stereocenters. The largest absolute Gasteiger partial charge is 0.357 e. The average molecular weight is 382 g/mol. The second-order valence-electron chi connectivity index (χ2n) is 6.67. The molecule has 0 aliphatic carbocycles. The Morgan fingerprint density at radius 2 is 1.63 bits per heavy atom. The summed E-state index contributed by atoms with van der Waals surface area (Å²) in [6, 6.07) is 19.1. The van der Waals surface area contributed by atoms with E-state index < -0.39 is 11.6 Å². The van der Waals surface area contributed by atoms with Crippen molar-refractivity contribution in [1.82, 2.24) is 21.1 Å². The van der Waals surface area contributed by atoms with E-state index in [9.17, 15) is 9.59 Å². The lowest BCUT2D eigenvalue weighted by molar-refractivity contribution is -0.132. The molecule has 0 aromatic heterocycles. The van der Waals surface area contributed by atoms with E-state index in [1.807, 2.05) is 60.7 Å².